The van der Waals surface area contributed by atoms with Gasteiger partial charge in [-0.15, -0.1) is 0 Å². The third kappa shape index (κ3) is 4.29. The summed E-state index contributed by atoms with van der Waals surface area (Å²) in [4.78, 5) is 23.5. The van der Waals surface area contributed by atoms with Crippen LogP contribution < -0.4 is 10.9 Å². The lowest BCUT2D eigenvalue weighted by Gasteiger charge is -2.07. The maximum atomic E-state index is 12.7. The number of benzene rings is 1. The van der Waals surface area contributed by atoms with Crippen LogP contribution in [0.15, 0.2) is 35.3 Å². The fourth-order valence-corrected chi connectivity index (χ4v) is 2.02. The van der Waals surface area contributed by atoms with E-state index in [1.165, 1.54) is 18.3 Å². The van der Waals surface area contributed by atoms with E-state index < -0.39 is 5.56 Å². The molecule has 0 aliphatic heterocycles. The monoisotopic (exact) mass is 343 g/mol. The lowest BCUT2D eigenvalue weighted by Crippen LogP contribution is -2.34. The maximum absolute atomic E-state index is 12.7. The summed E-state index contributed by atoms with van der Waals surface area (Å²) in [6.07, 6.45) is 1.76. The van der Waals surface area contributed by atoms with Gasteiger partial charge in [-0.2, -0.15) is 5.10 Å². The van der Waals surface area contributed by atoms with Crippen LogP contribution in [0.4, 0.5) is 4.39 Å². The molecule has 0 radical (unpaired) electrons. The molecule has 1 amide bonds. The quantitative estimate of drug-likeness (QED) is 0.903. The number of rotatable bonds is 5. The molecule has 0 spiro atoms. The normalized spacial score (nSPS) is 10.5. The second-order valence-electron chi connectivity index (χ2n) is 4.50. The predicted octanol–water partition coefficient (Wildman–Crippen LogP) is 2.05. The second kappa shape index (κ2) is 7.38. The number of carbonyl (C=O) groups is 1. The summed E-state index contributed by atoms with van der Waals surface area (Å²) in [5.41, 5.74) is 0.273. The molecule has 0 bridgehead atoms. The Morgan fingerprint density at radius 2 is 1.95 bits per heavy atom. The fourth-order valence-electron chi connectivity index (χ4n) is 1.75. The highest BCUT2D eigenvalue weighted by molar-refractivity contribution is 6.41. The van der Waals surface area contributed by atoms with Crippen molar-refractivity contribution < 1.29 is 9.18 Å². The zero-order chi connectivity index (χ0) is 16.1. The molecule has 22 heavy (non-hydrogen) atoms. The van der Waals surface area contributed by atoms with Crippen LogP contribution in [0, 0.1) is 5.82 Å². The minimum Gasteiger partial charge on any atom is -0.354 e. The summed E-state index contributed by atoms with van der Waals surface area (Å²) < 4.78 is 13.7. The number of carbonyl (C=O) groups excluding carboxylic acids is 1. The van der Waals surface area contributed by atoms with Crippen LogP contribution in [0.25, 0.3) is 0 Å². The molecule has 1 heterocycles. The molecule has 0 atom stereocenters. The van der Waals surface area contributed by atoms with Crippen molar-refractivity contribution in [1.29, 1.82) is 0 Å². The minimum absolute atomic E-state index is 0.0413. The molecule has 5 nitrogen and oxygen atoms in total. The first-order valence-electron chi connectivity index (χ1n) is 6.39. The maximum Gasteiger partial charge on any atom is 0.287 e. The number of hydrogen-bond donors (Lipinski definition) is 1. The highest BCUT2D eigenvalue weighted by Gasteiger charge is 2.10. The van der Waals surface area contributed by atoms with Crippen LogP contribution in [0.3, 0.4) is 0 Å². The zero-order valence-corrected chi connectivity index (χ0v) is 12.9. The first-order valence-corrected chi connectivity index (χ1v) is 7.15. The molecular formula is C14H12Cl2FN3O2. The van der Waals surface area contributed by atoms with Crippen molar-refractivity contribution >= 4 is 29.1 Å². The van der Waals surface area contributed by atoms with Gasteiger partial charge in [0.15, 0.2) is 0 Å². The van der Waals surface area contributed by atoms with Gasteiger partial charge in [-0.25, -0.2) is 9.07 Å². The van der Waals surface area contributed by atoms with E-state index in [-0.39, 0.29) is 28.3 Å². The SMILES string of the molecule is O=C(Cn1ncc(Cl)c(Cl)c1=O)NCCc1ccc(F)cc1. The number of halogens is 3. The van der Waals surface area contributed by atoms with E-state index in [0.717, 1.165) is 10.2 Å². The first kappa shape index (κ1) is 16.5. The third-order valence-electron chi connectivity index (χ3n) is 2.88. The largest absolute Gasteiger partial charge is 0.354 e. The molecule has 0 fully saturated rings. The lowest BCUT2D eigenvalue weighted by molar-refractivity contribution is -0.121. The summed E-state index contributed by atoms with van der Waals surface area (Å²) in [6, 6.07) is 6.01. The summed E-state index contributed by atoms with van der Waals surface area (Å²) in [6.45, 7) is 0.111. The molecule has 116 valence electrons. The predicted molar refractivity (Wildman–Crippen MR) is 81.6 cm³/mol. The minimum atomic E-state index is -0.622. The van der Waals surface area contributed by atoms with Gasteiger partial charge < -0.3 is 5.32 Å². The van der Waals surface area contributed by atoms with Gasteiger partial charge in [-0.1, -0.05) is 35.3 Å². The van der Waals surface area contributed by atoms with Crippen LogP contribution in [0.1, 0.15) is 5.56 Å². The zero-order valence-electron chi connectivity index (χ0n) is 11.4. The van der Waals surface area contributed by atoms with Gasteiger partial charge in [-0.3, -0.25) is 9.59 Å². The van der Waals surface area contributed by atoms with Gasteiger partial charge in [0.2, 0.25) is 5.91 Å². The highest BCUT2D eigenvalue weighted by atomic mass is 35.5. The molecule has 1 aromatic carbocycles. The van der Waals surface area contributed by atoms with Crippen LogP contribution in [-0.4, -0.2) is 22.2 Å². The van der Waals surface area contributed by atoms with Crippen molar-refractivity contribution in [3.05, 3.63) is 62.2 Å². The average Bonchev–Trinajstić information content (AvgIpc) is 2.50. The van der Waals surface area contributed by atoms with E-state index in [1.807, 2.05) is 0 Å². The Hall–Kier alpha value is -1.92. The number of hydrogen-bond acceptors (Lipinski definition) is 3. The van der Waals surface area contributed by atoms with E-state index >= 15 is 0 Å². The Labute approximate surface area is 135 Å². The third-order valence-corrected chi connectivity index (χ3v) is 3.63. The molecule has 0 unspecified atom stereocenters. The molecule has 1 N–H and O–H groups in total. The van der Waals surface area contributed by atoms with Gasteiger partial charge in [0.25, 0.3) is 5.56 Å². The van der Waals surface area contributed by atoms with Crippen LogP contribution in [-0.2, 0) is 17.8 Å². The van der Waals surface area contributed by atoms with Crippen molar-refractivity contribution in [1.82, 2.24) is 15.1 Å². The molecule has 0 saturated carbocycles. The van der Waals surface area contributed by atoms with E-state index in [4.69, 9.17) is 23.2 Å². The molecule has 0 saturated heterocycles. The van der Waals surface area contributed by atoms with Crippen LogP contribution in [0.5, 0.6) is 0 Å². The van der Waals surface area contributed by atoms with Crippen molar-refractivity contribution in [2.45, 2.75) is 13.0 Å². The smallest absolute Gasteiger partial charge is 0.287 e. The Kier molecular flexibility index (Phi) is 5.51. The topological polar surface area (TPSA) is 64.0 Å². The number of aromatic nitrogens is 2. The number of amides is 1. The Bertz CT molecular complexity index is 732. The second-order valence-corrected chi connectivity index (χ2v) is 5.28. The standard InChI is InChI=1S/C14H12Cl2FN3O2/c15-11-7-19-20(14(22)13(11)16)8-12(21)18-6-5-9-1-3-10(17)4-2-9/h1-4,7H,5-6,8H2,(H,18,21). The van der Waals surface area contributed by atoms with Crippen molar-refractivity contribution in [3.63, 3.8) is 0 Å². The Morgan fingerprint density at radius 1 is 1.27 bits per heavy atom. The fraction of sp³-hybridized carbons (Fsp3) is 0.214. The summed E-state index contributed by atoms with van der Waals surface area (Å²) in [5.74, 6) is -0.687. The number of nitrogens with zero attached hydrogens (tertiary/aromatic N) is 2. The highest BCUT2D eigenvalue weighted by Crippen LogP contribution is 2.14. The van der Waals surface area contributed by atoms with Gasteiger partial charge in [-0.05, 0) is 24.1 Å². The van der Waals surface area contributed by atoms with Crippen molar-refractivity contribution in [2.24, 2.45) is 0 Å². The van der Waals surface area contributed by atoms with Gasteiger partial charge in [0.05, 0.1) is 11.2 Å². The van der Waals surface area contributed by atoms with Crippen LogP contribution in [0.2, 0.25) is 10.0 Å². The summed E-state index contributed by atoms with van der Waals surface area (Å²) in [7, 11) is 0. The Morgan fingerprint density at radius 3 is 2.64 bits per heavy atom. The summed E-state index contributed by atoms with van der Waals surface area (Å²) in [5, 5.41) is 6.26. The summed E-state index contributed by atoms with van der Waals surface area (Å²) >= 11 is 11.3. The molecule has 1 aromatic heterocycles. The molecule has 0 aliphatic carbocycles. The molecule has 8 heteroatoms. The lowest BCUT2D eigenvalue weighted by atomic mass is 10.1. The van der Waals surface area contributed by atoms with E-state index in [1.54, 1.807) is 12.1 Å². The average molecular weight is 344 g/mol. The molecule has 0 aliphatic rings. The number of nitrogens with one attached hydrogen (secondary N) is 1. The first-order chi connectivity index (χ1) is 10.5. The van der Waals surface area contributed by atoms with E-state index in [9.17, 15) is 14.0 Å². The molecule has 2 aromatic rings. The van der Waals surface area contributed by atoms with Gasteiger partial charge >= 0.3 is 0 Å². The van der Waals surface area contributed by atoms with Crippen molar-refractivity contribution in [2.75, 3.05) is 6.54 Å². The van der Waals surface area contributed by atoms with Gasteiger partial charge in [0, 0.05) is 6.54 Å². The van der Waals surface area contributed by atoms with Gasteiger partial charge in [0.1, 0.15) is 17.4 Å². The Balaban J connectivity index is 1.87. The molecule has 2 rings (SSSR count). The van der Waals surface area contributed by atoms with Crippen LogP contribution >= 0.6 is 23.2 Å². The van der Waals surface area contributed by atoms with Crippen molar-refractivity contribution in [3.8, 4) is 0 Å². The van der Waals surface area contributed by atoms with E-state index in [0.29, 0.717) is 13.0 Å². The molecular weight excluding hydrogens is 332 g/mol. The van der Waals surface area contributed by atoms with E-state index in [2.05, 4.69) is 10.4 Å².